The minimum absolute atomic E-state index is 0.121. The van der Waals surface area contributed by atoms with Gasteiger partial charge in [0.2, 0.25) is 0 Å². The van der Waals surface area contributed by atoms with Gasteiger partial charge in [-0.15, -0.1) is 11.3 Å². The van der Waals surface area contributed by atoms with E-state index >= 15 is 0 Å². The zero-order valence-electron chi connectivity index (χ0n) is 10.3. The molecule has 2 aromatic rings. The maximum atomic E-state index is 11.4. The topological polar surface area (TPSA) is 58.1 Å². The van der Waals surface area contributed by atoms with Gasteiger partial charge in [-0.1, -0.05) is 6.07 Å². The molecular weight excluding hydrogens is 248 g/mol. The lowest BCUT2D eigenvalue weighted by Crippen LogP contribution is -2.33. The molecule has 6 heteroatoms. The van der Waals surface area contributed by atoms with Crippen LogP contribution in [0.2, 0.25) is 0 Å². The van der Waals surface area contributed by atoms with Crippen LogP contribution in [0, 0.1) is 0 Å². The first-order chi connectivity index (χ1) is 8.66. The number of pyridine rings is 1. The summed E-state index contributed by atoms with van der Waals surface area (Å²) in [5, 5.41) is 5.59. The van der Waals surface area contributed by atoms with Crippen LogP contribution in [0.5, 0.6) is 0 Å². The van der Waals surface area contributed by atoms with E-state index in [0.717, 1.165) is 16.4 Å². The Morgan fingerprint density at radius 2 is 2.22 bits per heavy atom. The Hall–Kier alpha value is -1.95. The molecule has 0 radical (unpaired) electrons. The Balaban J connectivity index is 2.01. The third kappa shape index (κ3) is 3.04. The minimum Gasteiger partial charge on any atom is -0.331 e. The number of aromatic nitrogens is 2. The van der Waals surface area contributed by atoms with Crippen molar-refractivity contribution in [1.82, 2.24) is 20.2 Å². The number of nitrogens with one attached hydrogen (secondary N) is 1. The van der Waals surface area contributed by atoms with Gasteiger partial charge in [-0.05, 0) is 12.1 Å². The number of urea groups is 1. The minimum atomic E-state index is -0.121. The number of thiazole rings is 1. The van der Waals surface area contributed by atoms with Crippen LogP contribution in [0.3, 0.4) is 0 Å². The summed E-state index contributed by atoms with van der Waals surface area (Å²) in [6.45, 7) is 0.439. The second kappa shape index (κ2) is 5.59. The summed E-state index contributed by atoms with van der Waals surface area (Å²) < 4.78 is 0. The normalized spacial score (nSPS) is 10.1. The lowest BCUT2D eigenvalue weighted by Gasteiger charge is -2.10. The number of hydrogen-bond donors (Lipinski definition) is 1. The van der Waals surface area contributed by atoms with Crippen molar-refractivity contribution in [3.8, 4) is 11.4 Å². The van der Waals surface area contributed by atoms with E-state index < -0.39 is 0 Å². The Labute approximate surface area is 109 Å². The van der Waals surface area contributed by atoms with Crippen LogP contribution in [-0.4, -0.2) is 35.0 Å². The van der Waals surface area contributed by atoms with E-state index in [9.17, 15) is 4.79 Å². The molecule has 5 nitrogen and oxygen atoms in total. The Bertz CT molecular complexity index is 524. The van der Waals surface area contributed by atoms with Gasteiger partial charge >= 0.3 is 6.03 Å². The second-order valence-corrected chi connectivity index (χ2v) is 4.84. The molecule has 2 aromatic heterocycles. The van der Waals surface area contributed by atoms with E-state index in [1.807, 2.05) is 23.6 Å². The van der Waals surface area contributed by atoms with Crippen molar-refractivity contribution in [3.05, 3.63) is 34.8 Å². The van der Waals surface area contributed by atoms with E-state index in [-0.39, 0.29) is 6.03 Å². The Kier molecular flexibility index (Phi) is 3.88. The number of rotatable bonds is 3. The second-order valence-electron chi connectivity index (χ2n) is 3.89. The standard InChI is InChI=1S/C12H14N4OS/c1-16(2)12(17)14-7-11-15-10(8-18-11)9-5-3-4-6-13-9/h3-6,8H,7H2,1-2H3,(H,14,17). The molecule has 1 N–H and O–H groups in total. The van der Waals surface area contributed by atoms with Crippen LogP contribution in [0.4, 0.5) is 4.79 Å². The van der Waals surface area contributed by atoms with Crippen molar-refractivity contribution in [2.75, 3.05) is 14.1 Å². The fraction of sp³-hybridized carbons (Fsp3) is 0.250. The van der Waals surface area contributed by atoms with E-state index in [0.29, 0.717) is 6.54 Å². The maximum Gasteiger partial charge on any atom is 0.317 e. The SMILES string of the molecule is CN(C)C(=O)NCc1nc(-c2ccccn2)cs1. The molecule has 2 amide bonds. The summed E-state index contributed by atoms with van der Waals surface area (Å²) >= 11 is 1.51. The van der Waals surface area contributed by atoms with Crippen molar-refractivity contribution in [2.45, 2.75) is 6.54 Å². The number of hydrogen-bond acceptors (Lipinski definition) is 4. The van der Waals surface area contributed by atoms with Crippen LogP contribution >= 0.6 is 11.3 Å². The smallest absolute Gasteiger partial charge is 0.317 e. The summed E-state index contributed by atoms with van der Waals surface area (Å²) in [7, 11) is 3.41. The zero-order chi connectivity index (χ0) is 13.0. The predicted octanol–water partition coefficient (Wildman–Crippen LogP) is 1.98. The first-order valence-corrected chi connectivity index (χ1v) is 6.36. The highest BCUT2D eigenvalue weighted by Crippen LogP contribution is 2.19. The van der Waals surface area contributed by atoms with Crippen molar-refractivity contribution in [2.24, 2.45) is 0 Å². The fourth-order valence-electron chi connectivity index (χ4n) is 1.33. The Morgan fingerprint density at radius 1 is 1.39 bits per heavy atom. The average Bonchev–Trinajstić information content (AvgIpc) is 2.85. The molecule has 0 aromatic carbocycles. The molecule has 0 saturated heterocycles. The van der Waals surface area contributed by atoms with Crippen LogP contribution < -0.4 is 5.32 Å². The number of carbonyl (C=O) groups is 1. The summed E-state index contributed by atoms with van der Waals surface area (Å²) in [6, 6.07) is 5.59. The van der Waals surface area contributed by atoms with Gasteiger partial charge in [-0.3, -0.25) is 4.98 Å². The molecule has 0 fully saturated rings. The van der Waals surface area contributed by atoms with Gasteiger partial charge < -0.3 is 10.2 Å². The molecule has 0 aliphatic carbocycles. The highest BCUT2D eigenvalue weighted by atomic mass is 32.1. The molecule has 2 rings (SSSR count). The highest BCUT2D eigenvalue weighted by molar-refractivity contribution is 7.09. The fourth-order valence-corrected chi connectivity index (χ4v) is 2.06. The van der Waals surface area contributed by atoms with Gasteiger partial charge in [0.05, 0.1) is 17.9 Å². The van der Waals surface area contributed by atoms with Crippen molar-refractivity contribution in [3.63, 3.8) is 0 Å². The largest absolute Gasteiger partial charge is 0.331 e. The third-order valence-electron chi connectivity index (χ3n) is 2.28. The van der Waals surface area contributed by atoms with Gasteiger partial charge in [0, 0.05) is 25.7 Å². The molecule has 0 unspecified atom stereocenters. The van der Waals surface area contributed by atoms with Crippen molar-refractivity contribution >= 4 is 17.4 Å². The van der Waals surface area contributed by atoms with Gasteiger partial charge in [-0.25, -0.2) is 9.78 Å². The molecule has 94 valence electrons. The summed E-state index contributed by atoms with van der Waals surface area (Å²) in [6.07, 6.45) is 1.74. The third-order valence-corrected chi connectivity index (χ3v) is 3.12. The lowest BCUT2D eigenvalue weighted by molar-refractivity contribution is 0.217. The molecule has 18 heavy (non-hydrogen) atoms. The van der Waals surface area contributed by atoms with E-state index in [1.165, 1.54) is 16.2 Å². The van der Waals surface area contributed by atoms with E-state index in [4.69, 9.17) is 0 Å². The monoisotopic (exact) mass is 262 g/mol. The van der Waals surface area contributed by atoms with E-state index in [2.05, 4.69) is 15.3 Å². The maximum absolute atomic E-state index is 11.4. The first kappa shape index (κ1) is 12.5. The van der Waals surface area contributed by atoms with Crippen molar-refractivity contribution in [1.29, 1.82) is 0 Å². The first-order valence-electron chi connectivity index (χ1n) is 5.48. The van der Waals surface area contributed by atoms with Crippen LogP contribution in [-0.2, 0) is 6.54 Å². The van der Waals surface area contributed by atoms with Gasteiger partial charge in [-0.2, -0.15) is 0 Å². The summed E-state index contributed by atoms with van der Waals surface area (Å²) in [5.74, 6) is 0. The molecule has 0 bridgehead atoms. The molecule has 0 aliphatic heterocycles. The predicted molar refractivity (Wildman–Crippen MR) is 71.3 cm³/mol. The quantitative estimate of drug-likeness (QED) is 0.920. The Morgan fingerprint density at radius 3 is 2.89 bits per heavy atom. The van der Waals surface area contributed by atoms with Crippen LogP contribution in [0.15, 0.2) is 29.8 Å². The van der Waals surface area contributed by atoms with Crippen LogP contribution in [0.25, 0.3) is 11.4 Å². The number of amides is 2. The average molecular weight is 262 g/mol. The molecule has 0 saturated carbocycles. The number of carbonyl (C=O) groups excluding carboxylic acids is 1. The zero-order valence-corrected chi connectivity index (χ0v) is 11.1. The lowest BCUT2D eigenvalue weighted by atomic mass is 10.3. The van der Waals surface area contributed by atoms with Crippen LogP contribution in [0.1, 0.15) is 5.01 Å². The molecule has 2 heterocycles. The van der Waals surface area contributed by atoms with Crippen molar-refractivity contribution < 1.29 is 4.79 Å². The summed E-state index contributed by atoms with van der Waals surface area (Å²) in [4.78, 5) is 21.5. The molecule has 0 atom stereocenters. The molecular formula is C12H14N4OS. The molecule has 0 spiro atoms. The van der Waals surface area contributed by atoms with Gasteiger partial charge in [0.1, 0.15) is 5.01 Å². The number of nitrogens with zero attached hydrogens (tertiary/aromatic N) is 3. The van der Waals surface area contributed by atoms with E-state index in [1.54, 1.807) is 20.3 Å². The highest BCUT2D eigenvalue weighted by Gasteiger charge is 2.07. The van der Waals surface area contributed by atoms with Gasteiger partial charge in [0.15, 0.2) is 0 Å². The molecule has 0 aliphatic rings. The van der Waals surface area contributed by atoms with Gasteiger partial charge in [0.25, 0.3) is 0 Å². The summed E-state index contributed by atoms with van der Waals surface area (Å²) in [5.41, 5.74) is 1.69.